The normalized spacial score (nSPS) is 34.7. The number of ether oxygens (including phenoxy) is 4. The minimum Gasteiger partial charge on any atom is -0.462 e. The van der Waals surface area contributed by atoms with Gasteiger partial charge in [0, 0.05) is 24.9 Å². The Kier molecular flexibility index (Phi) is 5.34. The van der Waals surface area contributed by atoms with Crippen molar-refractivity contribution in [2.24, 2.45) is 11.8 Å². The lowest BCUT2D eigenvalue weighted by atomic mass is 9.93. The summed E-state index contributed by atoms with van der Waals surface area (Å²) in [7, 11) is 0. The van der Waals surface area contributed by atoms with E-state index in [2.05, 4.69) is 12.1 Å². The van der Waals surface area contributed by atoms with Crippen molar-refractivity contribution in [1.29, 1.82) is 0 Å². The lowest BCUT2D eigenvalue weighted by Gasteiger charge is -2.29. The molecule has 0 aromatic heterocycles. The SMILES string of the molecule is O=C1CC2C(C[C@@H](OC3CCCCO3)[C@@H]2COCc2ccccc2)O1. The molecular weight excluding hydrogens is 320 g/mol. The Morgan fingerprint density at radius 3 is 2.84 bits per heavy atom. The van der Waals surface area contributed by atoms with Gasteiger partial charge in [-0.25, -0.2) is 0 Å². The van der Waals surface area contributed by atoms with Crippen molar-refractivity contribution in [2.75, 3.05) is 13.2 Å². The molecule has 0 amide bonds. The minimum absolute atomic E-state index is 0.0218. The third-order valence-electron chi connectivity index (χ3n) is 5.54. The van der Waals surface area contributed by atoms with Gasteiger partial charge in [0.25, 0.3) is 0 Å². The average molecular weight is 346 g/mol. The highest BCUT2D eigenvalue weighted by Crippen LogP contribution is 2.43. The van der Waals surface area contributed by atoms with Crippen molar-refractivity contribution >= 4 is 5.97 Å². The van der Waals surface area contributed by atoms with Gasteiger partial charge in [-0.15, -0.1) is 0 Å². The van der Waals surface area contributed by atoms with Gasteiger partial charge in [0.15, 0.2) is 6.29 Å². The second kappa shape index (κ2) is 7.85. The van der Waals surface area contributed by atoms with Gasteiger partial charge in [-0.1, -0.05) is 30.3 Å². The largest absolute Gasteiger partial charge is 0.462 e. The number of benzene rings is 1. The van der Waals surface area contributed by atoms with Crippen LogP contribution in [0.15, 0.2) is 30.3 Å². The number of esters is 1. The van der Waals surface area contributed by atoms with E-state index in [9.17, 15) is 4.79 Å². The van der Waals surface area contributed by atoms with Crippen LogP contribution in [0, 0.1) is 11.8 Å². The molecule has 2 heterocycles. The van der Waals surface area contributed by atoms with Crippen LogP contribution in [0.4, 0.5) is 0 Å². The molecule has 3 aliphatic rings. The van der Waals surface area contributed by atoms with Gasteiger partial charge in [-0.2, -0.15) is 0 Å². The van der Waals surface area contributed by atoms with Crippen molar-refractivity contribution < 1.29 is 23.7 Å². The zero-order valence-electron chi connectivity index (χ0n) is 14.5. The Balaban J connectivity index is 1.36. The lowest BCUT2D eigenvalue weighted by Crippen LogP contribution is -2.33. The third kappa shape index (κ3) is 4.05. The topological polar surface area (TPSA) is 54.0 Å². The fourth-order valence-electron chi connectivity index (χ4n) is 4.25. The van der Waals surface area contributed by atoms with Crippen molar-refractivity contribution in [1.82, 2.24) is 0 Å². The van der Waals surface area contributed by atoms with Crippen LogP contribution in [0.3, 0.4) is 0 Å². The number of rotatable bonds is 6. The van der Waals surface area contributed by atoms with Crippen LogP contribution in [0.25, 0.3) is 0 Å². The molecule has 5 nitrogen and oxygen atoms in total. The van der Waals surface area contributed by atoms with Gasteiger partial charge < -0.3 is 18.9 Å². The molecular formula is C20H26O5. The Hall–Kier alpha value is -1.43. The van der Waals surface area contributed by atoms with E-state index in [0.717, 1.165) is 37.9 Å². The van der Waals surface area contributed by atoms with Crippen molar-refractivity contribution in [3.63, 3.8) is 0 Å². The van der Waals surface area contributed by atoms with E-state index < -0.39 is 0 Å². The molecule has 136 valence electrons. The number of hydrogen-bond donors (Lipinski definition) is 0. The molecule has 1 aromatic rings. The van der Waals surface area contributed by atoms with E-state index >= 15 is 0 Å². The van der Waals surface area contributed by atoms with Gasteiger partial charge in [0.05, 0.1) is 25.7 Å². The molecule has 0 bridgehead atoms. The Morgan fingerprint density at radius 1 is 1.16 bits per heavy atom. The summed E-state index contributed by atoms with van der Waals surface area (Å²) in [5.74, 6) is 0.304. The summed E-state index contributed by atoms with van der Waals surface area (Å²) in [5, 5.41) is 0. The molecule has 5 heteroatoms. The molecule has 25 heavy (non-hydrogen) atoms. The third-order valence-corrected chi connectivity index (χ3v) is 5.54. The zero-order chi connectivity index (χ0) is 17.1. The zero-order valence-corrected chi connectivity index (χ0v) is 14.5. The predicted octanol–water partition coefficient (Wildman–Crippen LogP) is 3.07. The second-order valence-corrected chi connectivity index (χ2v) is 7.27. The van der Waals surface area contributed by atoms with Gasteiger partial charge in [-0.05, 0) is 24.8 Å². The van der Waals surface area contributed by atoms with E-state index in [1.165, 1.54) is 0 Å². The Morgan fingerprint density at radius 2 is 2.04 bits per heavy atom. The highest BCUT2D eigenvalue weighted by Gasteiger charge is 2.51. The van der Waals surface area contributed by atoms with Crippen LogP contribution < -0.4 is 0 Å². The van der Waals surface area contributed by atoms with Crippen LogP contribution in [-0.4, -0.2) is 37.7 Å². The molecule has 1 saturated carbocycles. The lowest BCUT2D eigenvalue weighted by molar-refractivity contribution is -0.200. The van der Waals surface area contributed by atoms with E-state index in [1.807, 2.05) is 18.2 Å². The summed E-state index contributed by atoms with van der Waals surface area (Å²) in [6.07, 6.45) is 4.35. The molecule has 2 aliphatic heterocycles. The Labute approximate surface area is 148 Å². The first-order valence-electron chi connectivity index (χ1n) is 9.38. The monoisotopic (exact) mass is 346 g/mol. The fraction of sp³-hybridized carbons (Fsp3) is 0.650. The first-order chi connectivity index (χ1) is 12.3. The highest BCUT2D eigenvalue weighted by molar-refractivity contribution is 5.72. The smallest absolute Gasteiger partial charge is 0.306 e. The number of fused-ring (bicyclic) bond motifs is 1. The maximum Gasteiger partial charge on any atom is 0.306 e. The molecule has 4 rings (SSSR count). The van der Waals surface area contributed by atoms with E-state index in [0.29, 0.717) is 19.6 Å². The van der Waals surface area contributed by atoms with Crippen molar-refractivity contribution in [2.45, 2.75) is 57.2 Å². The molecule has 1 aromatic carbocycles. The number of hydrogen-bond acceptors (Lipinski definition) is 5. The van der Waals surface area contributed by atoms with E-state index in [4.69, 9.17) is 18.9 Å². The summed E-state index contributed by atoms with van der Waals surface area (Å²) in [6.45, 7) is 1.94. The molecule has 2 saturated heterocycles. The standard InChI is InChI=1S/C20H26O5/c21-19-10-15-16(13-22-12-14-6-2-1-3-7-14)18(11-17(15)24-19)25-20-8-4-5-9-23-20/h1-3,6-7,15-18,20H,4-5,8-13H2/t15?,16-,17?,18-,20?/m1/s1. The molecule has 3 fully saturated rings. The second-order valence-electron chi connectivity index (χ2n) is 7.27. The minimum atomic E-state index is -0.120. The highest BCUT2D eigenvalue weighted by atomic mass is 16.7. The maximum atomic E-state index is 11.7. The number of carbonyl (C=O) groups excluding carboxylic acids is 1. The summed E-state index contributed by atoms with van der Waals surface area (Å²) >= 11 is 0. The molecule has 0 radical (unpaired) electrons. The first kappa shape index (κ1) is 17.0. The molecule has 0 N–H and O–H groups in total. The molecule has 0 spiro atoms. The maximum absolute atomic E-state index is 11.7. The van der Waals surface area contributed by atoms with Gasteiger partial charge in [0.2, 0.25) is 0 Å². The van der Waals surface area contributed by atoms with Crippen LogP contribution in [0.5, 0.6) is 0 Å². The van der Waals surface area contributed by atoms with Crippen LogP contribution in [-0.2, 0) is 30.3 Å². The summed E-state index contributed by atoms with van der Waals surface area (Å²) < 4.78 is 23.4. The summed E-state index contributed by atoms with van der Waals surface area (Å²) in [6, 6.07) is 10.1. The summed E-state index contributed by atoms with van der Waals surface area (Å²) in [5.41, 5.74) is 1.16. The average Bonchev–Trinajstić information content (AvgIpc) is 3.13. The van der Waals surface area contributed by atoms with Crippen molar-refractivity contribution in [3.8, 4) is 0 Å². The van der Waals surface area contributed by atoms with Gasteiger partial charge in [-0.3, -0.25) is 4.79 Å². The quantitative estimate of drug-likeness (QED) is 0.741. The first-order valence-corrected chi connectivity index (χ1v) is 9.38. The van der Waals surface area contributed by atoms with Gasteiger partial charge >= 0.3 is 5.97 Å². The summed E-state index contributed by atoms with van der Waals surface area (Å²) in [4.78, 5) is 11.7. The van der Waals surface area contributed by atoms with Gasteiger partial charge in [0.1, 0.15) is 6.10 Å². The Bertz CT molecular complexity index is 569. The fourth-order valence-corrected chi connectivity index (χ4v) is 4.25. The molecule has 1 aliphatic carbocycles. The molecule has 5 atom stereocenters. The van der Waals surface area contributed by atoms with E-state index in [1.54, 1.807) is 0 Å². The van der Waals surface area contributed by atoms with E-state index in [-0.39, 0.29) is 36.3 Å². The van der Waals surface area contributed by atoms with Crippen LogP contribution >= 0.6 is 0 Å². The van der Waals surface area contributed by atoms with Crippen LogP contribution in [0.2, 0.25) is 0 Å². The van der Waals surface area contributed by atoms with Crippen LogP contribution in [0.1, 0.15) is 37.7 Å². The number of carbonyl (C=O) groups is 1. The van der Waals surface area contributed by atoms with Crippen molar-refractivity contribution in [3.05, 3.63) is 35.9 Å². The molecule has 3 unspecified atom stereocenters. The predicted molar refractivity (Wildman–Crippen MR) is 90.7 cm³/mol.